The summed E-state index contributed by atoms with van der Waals surface area (Å²) in [5.41, 5.74) is 4.63. The molecule has 0 spiro atoms. The van der Waals surface area contributed by atoms with E-state index in [4.69, 9.17) is 14.2 Å². The molecule has 2 aliphatic heterocycles. The zero-order valence-corrected chi connectivity index (χ0v) is 26.1. The maximum absolute atomic E-state index is 15.3. The van der Waals surface area contributed by atoms with Crippen molar-refractivity contribution in [3.05, 3.63) is 88.9 Å². The van der Waals surface area contributed by atoms with E-state index < -0.39 is 6.09 Å². The van der Waals surface area contributed by atoms with Crippen molar-refractivity contribution in [3.8, 4) is 17.2 Å². The summed E-state index contributed by atoms with van der Waals surface area (Å²) >= 11 is 0. The van der Waals surface area contributed by atoms with Crippen LogP contribution in [0.2, 0.25) is 0 Å². The second-order valence-electron chi connectivity index (χ2n) is 11.7. The van der Waals surface area contributed by atoms with E-state index in [1.165, 1.54) is 11.0 Å². The molecule has 11 heteroatoms. The third kappa shape index (κ3) is 6.63. The Labute approximate surface area is 262 Å². The van der Waals surface area contributed by atoms with Gasteiger partial charge in [-0.2, -0.15) is 4.98 Å². The van der Waals surface area contributed by atoms with Crippen LogP contribution in [-0.4, -0.2) is 60.5 Å². The number of fused-ring (bicyclic) bond motifs is 1. The zero-order valence-electron chi connectivity index (χ0n) is 26.1. The summed E-state index contributed by atoms with van der Waals surface area (Å²) in [6.45, 7) is 10.6. The standard InChI is InChI=1S/C34H37FN6O4/c1-21-14-22(2)32(23(3)15-21)45-34(42)41(19-25-6-9-29-30(16-25)44-20-43-29)31-10-11-36-33(38-31)37-26-7-8-28(27(35)17-26)40-13-12-39(5)24(4)18-40/h6-11,14-17,24H,12-13,18-20H2,1-5H3,(H,36,37,38). The van der Waals surface area contributed by atoms with Crippen LogP contribution in [0.4, 0.5) is 32.3 Å². The summed E-state index contributed by atoms with van der Waals surface area (Å²) in [5, 5.41) is 3.09. The quantitative estimate of drug-likeness (QED) is 0.256. The first-order chi connectivity index (χ1) is 21.6. The van der Waals surface area contributed by atoms with Gasteiger partial charge in [0, 0.05) is 37.6 Å². The van der Waals surface area contributed by atoms with Gasteiger partial charge in [0.1, 0.15) is 17.4 Å². The molecule has 1 N–H and O–H groups in total. The molecule has 1 amide bonds. The fourth-order valence-corrected chi connectivity index (χ4v) is 5.73. The lowest BCUT2D eigenvalue weighted by molar-refractivity contribution is 0.174. The van der Waals surface area contributed by atoms with Crippen LogP contribution in [0.1, 0.15) is 29.2 Å². The third-order valence-corrected chi connectivity index (χ3v) is 8.21. The maximum atomic E-state index is 15.3. The molecule has 45 heavy (non-hydrogen) atoms. The van der Waals surface area contributed by atoms with Gasteiger partial charge in [0.05, 0.1) is 12.2 Å². The van der Waals surface area contributed by atoms with Crippen LogP contribution in [0.15, 0.2) is 60.8 Å². The van der Waals surface area contributed by atoms with Crippen molar-refractivity contribution in [2.24, 2.45) is 0 Å². The van der Waals surface area contributed by atoms with Crippen molar-refractivity contribution >= 4 is 29.2 Å². The van der Waals surface area contributed by atoms with Gasteiger partial charge in [-0.25, -0.2) is 14.2 Å². The lowest BCUT2D eigenvalue weighted by atomic mass is 10.1. The van der Waals surface area contributed by atoms with Crippen LogP contribution in [0.3, 0.4) is 0 Å². The summed E-state index contributed by atoms with van der Waals surface area (Å²) in [6, 6.07) is 16.4. The first-order valence-electron chi connectivity index (χ1n) is 14.9. The van der Waals surface area contributed by atoms with Gasteiger partial charge in [0.15, 0.2) is 11.5 Å². The molecule has 2 aliphatic rings. The van der Waals surface area contributed by atoms with Gasteiger partial charge in [-0.3, -0.25) is 4.90 Å². The highest BCUT2D eigenvalue weighted by Crippen LogP contribution is 2.34. The second kappa shape index (κ2) is 12.6. The van der Waals surface area contributed by atoms with Crippen LogP contribution < -0.4 is 29.3 Å². The van der Waals surface area contributed by atoms with Gasteiger partial charge < -0.3 is 29.3 Å². The molecule has 1 unspecified atom stereocenters. The number of nitrogens with zero attached hydrogens (tertiary/aromatic N) is 5. The Balaban J connectivity index is 1.26. The lowest BCUT2D eigenvalue weighted by Gasteiger charge is -2.39. The summed E-state index contributed by atoms with van der Waals surface area (Å²) < 4.78 is 32.2. The number of ether oxygens (including phenoxy) is 3. The fraction of sp³-hybridized carbons (Fsp3) is 0.324. The number of amides is 1. The molecular weight excluding hydrogens is 575 g/mol. The number of aromatic nitrogens is 2. The number of carbonyl (C=O) groups is 1. The molecule has 0 bridgehead atoms. The molecule has 1 saturated heterocycles. The summed E-state index contributed by atoms with van der Waals surface area (Å²) in [5.74, 6) is 1.93. The van der Waals surface area contributed by atoms with Crippen LogP contribution in [-0.2, 0) is 6.54 Å². The average Bonchev–Trinajstić information content (AvgIpc) is 3.47. The summed E-state index contributed by atoms with van der Waals surface area (Å²) in [7, 11) is 2.08. The number of hydrogen-bond acceptors (Lipinski definition) is 9. The molecule has 6 rings (SSSR count). The Morgan fingerprint density at radius 2 is 1.82 bits per heavy atom. The van der Waals surface area contributed by atoms with E-state index in [0.717, 1.165) is 41.9 Å². The first kappa shape index (κ1) is 30.1. The van der Waals surface area contributed by atoms with Crippen molar-refractivity contribution in [1.29, 1.82) is 0 Å². The van der Waals surface area contributed by atoms with Crippen LogP contribution in [0.25, 0.3) is 0 Å². The van der Waals surface area contributed by atoms with Gasteiger partial charge in [-0.05, 0) is 87.8 Å². The average molecular weight is 613 g/mol. The molecule has 4 aromatic rings. The number of benzene rings is 3. The Kier molecular flexibility index (Phi) is 8.44. The van der Waals surface area contributed by atoms with Crippen LogP contribution in [0.5, 0.6) is 17.2 Å². The molecule has 0 saturated carbocycles. The van der Waals surface area contributed by atoms with E-state index in [0.29, 0.717) is 40.5 Å². The molecule has 0 aliphatic carbocycles. The minimum Gasteiger partial charge on any atom is -0.454 e. The summed E-state index contributed by atoms with van der Waals surface area (Å²) in [6.07, 6.45) is 0.938. The Hall–Kier alpha value is -4.90. The van der Waals surface area contributed by atoms with Crippen molar-refractivity contribution in [1.82, 2.24) is 14.9 Å². The lowest BCUT2D eigenvalue weighted by Crippen LogP contribution is -2.50. The molecule has 3 heterocycles. The molecule has 234 valence electrons. The SMILES string of the molecule is Cc1cc(C)c(OC(=O)N(Cc2ccc3c(c2)OCO3)c2ccnc(Nc3ccc(N4CCN(C)C(C)C4)c(F)c3)n2)c(C)c1. The van der Waals surface area contributed by atoms with E-state index in [2.05, 4.69) is 39.1 Å². The topological polar surface area (TPSA) is 92.3 Å². The number of piperazine rings is 1. The molecule has 10 nitrogen and oxygen atoms in total. The van der Waals surface area contributed by atoms with Crippen LogP contribution in [0, 0.1) is 26.6 Å². The Morgan fingerprint density at radius 3 is 2.58 bits per heavy atom. The Bertz CT molecular complexity index is 1710. The van der Waals surface area contributed by atoms with Crippen LogP contribution >= 0.6 is 0 Å². The Morgan fingerprint density at radius 1 is 1.04 bits per heavy atom. The van der Waals surface area contributed by atoms with Crippen molar-refractivity contribution in [2.75, 3.05) is 48.6 Å². The minimum absolute atomic E-state index is 0.142. The van der Waals surface area contributed by atoms with Crippen molar-refractivity contribution in [2.45, 2.75) is 40.3 Å². The van der Waals surface area contributed by atoms with Crippen molar-refractivity contribution < 1.29 is 23.4 Å². The van der Waals surface area contributed by atoms with Crippen molar-refractivity contribution in [3.63, 3.8) is 0 Å². The van der Waals surface area contributed by atoms with E-state index >= 15 is 4.39 Å². The van der Waals surface area contributed by atoms with Gasteiger partial charge in [-0.15, -0.1) is 0 Å². The molecular formula is C34H37FN6O4. The second-order valence-corrected chi connectivity index (χ2v) is 11.7. The highest BCUT2D eigenvalue weighted by Gasteiger charge is 2.25. The zero-order chi connectivity index (χ0) is 31.7. The number of carbonyl (C=O) groups excluding carboxylic acids is 1. The number of hydrogen-bond donors (Lipinski definition) is 1. The van der Waals surface area contributed by atoms with Gasteiger partial charge >= 0.3 is 6.09 Å². The first-order valence-corrected chi connectivity index (χ1v) is 14.9. The number of rotatable bonds is 7. The largest absolute Gasteiger partial charge is 0.454 e. The molecule has 3 aromatic carbocycles. The predicted molar refractivity (Wildman–Crippen MR) is 171 cm³/mol. The third-order valence-electron chi connectivity index (χ3n) is 8.21. The number of nitrogens with one attached hydrogen (secondary N) is 1. The minimum atomic E-state index is -0.607. The van der Waals surface area contributed by atoms with E-state index in [1.54, 1.807) is 24.4 Å². The number of anilines is 4. The molecule has 0 radical (unpaired) electrons. The van der Waals surface area contributed by atoms with E-state index in [-0.39, 0.29) is 25.1 Å². The number of likely N-dealkylation sites (N-methyl/N-ethyl adjacent to an activating group) is 1. The smallest absolute Gasteiger partial charge is 0.421 e. The number of aryl methyl sites for hydroxylation is 3. The fourth-order valence-electron chi connectivity index (χ4n) is 5.73. The van der Waals surface area contributed by atoms with Gasteiger partial charge in [0.2, 0.25) is 12.7 Å². The molecule has 1 aromatic heterocycles. The monoisotopic (exact) mass is 612 g/mol. The normalized spacial score (nSPS) is 16.0. The van der Waals surface area contributed by atoms with E-state index in [9.17, 15) is 4.79 Å². The van der Waals surface area contributed by atoms with Gasteiger partial charge in [0.25, 0.3) is 0 Å². The van der Waals surface area contributed by atoms with Gasteiger partial charge in [-0.1, -0.05) is 23.8 Å². The predicted octanol–water partition coefficient (Wildman–Crippen LogP) is 6.36. The molecule has 1 atom stereocenters. The molecule has 1 fully saturated rings. The maximum Gasteiger partial charge on any atom is 0.421 e. The van der Waals surface area contributed by atoms with E-state index in [1.807, 2.05) is 51.1 Å². The summed E-state index contributed by atoms with van der Waals surface area (Å²) in [4.78, 5) is 28.5. The highest BCUT2D eigenvalue weighted by molar-refractivity contribution is 5.88. The number of halogens is 1. The highest BCUT2D eigenvalue weighted by atomic mass is 19.1.